The lowest BCUT2D eigenvalue weighted by Gasteiger charge is -2.27. The largest absolute Gasteiger partial charge is 0.493 e. The van der Waals surface area contributed by atoms with Crippen LogP contribution in [0.3, 0.4) is 0 Å². The number of morpholine rings is 1. The van der Waals surface area contributed by atoms with Crippen LogP contribution in [0.1, 0.15) is 11.4 Å². The Morgan fingerprint density at radius 2 is 1.77 bits per heavy atom. The van der Waals surface area contributed by atoms with Crippen molar-refractivity contribution in [3.05, 3.63) is 70.3 Å². The van der Waals surface area contributed by atoms with Gasteiger partial charge in [0.15, 0.2) is 11.5 Å². The van der Waals surface area contributed by atoms with Crippen molar-refractivity contribution < 1.29 is 14.2 Å². The zero-order valence-corrected chi connectivity index (χ0v) is 17.9. The number of fused-ring (bicyclic) bond motifs is 1. The summed E-state index contributed by atoms with van der Waals surface area (Å²) >= 11 is 0. The quantitative estimate of drug-likeness (QED) is 0.584. The van der Waals surface area contributed by atoms with E-state index in [1.807, 2.05) is 42.5 Å². The molecule has 0 atom stereocenters. The summed E-state index contributed by atoms with van der Waals surface area (Å²) in [7, 11) is 3.14. The van der Waals surface area contributed by atoms with Crippen molar-refractivity contribution in [2.24, 2.45) is 0 Å². The van der Waals surface area contributed by atoms with Crippen LogP contribution in [0.15, 0.2) is 53.3 Å². The predicted molar refractivity (Wildman–Crippen MR) is 121 cm³/mol. The molecule has 0 N–H and O–H groups in total. The van der Waals surface area contributed by atoms with Crippen LogP contribution in [-0.2, 0) is 17.8 Å². The molecule has 2 aromatic carbocycles. The fourth-order valence-corrected chi connectivity index (χ4v) is 3.72. The number of hydrogen-bond donors (Lipinski definition) is 0. The van der Waals surface area contributed by atoms with Gasteiger partial charge in [-0.05, 0) is 11.6 Å². The van der Waals surface area contributed by atoms with Crippen LogP contribution < -0.4 is 15.0 Å². The molecule has 0 unspecified atom stereocenters. The molecular formula is C24H27N3O4. The number of hydrogen-bond acceptors (Lipinski definition) is 6. The first-order valence-electron chi connectivity index (χ1n) is 10.4. The molecule has 2 heterocycles. The fourth-order valence-electron chi connectivity index (χ4n) is 3.72. The summed E-state index contributed by atoms with van der Waals surface area (Å²) in [5, 5.41) is 0.511. The molecular weight excluding hydrogens is 394 g/mol. The lowest BCUT2D eigenvalue weighted by Crippen LogP contribution is -2.38. The van der Waals surface area contributed by atoms with Gasteiger partial charge in [-0.25, -0.2) is 4.98 Å². The van der Waals surface area contributed by atoms with Gasteiger partial charge in [0.25, 0.3) is 5.56 Å². The topological polar surface area (TPSA) is 65.8 Å². The average Bonchev–Trinajstić information content (AvgIpc) is 2.81. The van der Waals surface area contributed by atoms with Gasteiger partial charge in [0.05, 0.1) is 44.9 Å². The summed E-state index contributed by atoms with van der Waals surface area (Å²) in [5.41, 5.74) is 1.60. The Kier molecular flexibility index (Phi) is 6.64. The molecule has 0 bridgehead atoms. The number of aromatic nitrogens is 2. The molecule has 1 aliphatic heterocycles. The van der Waals surface area contributed by atoms with Crippen molar-refractivity contribution in [1.82, 2.24) is 14.5 Å². The summed E-state index contributed by atoms with van der Waals surface area (Å²) in [6, 6.07) is 13.5. The first-order valence-corrected chi connectivity index (χ1v) is 10.4. The van der Waals surface area contributed by atoms with E-state index in [-0.39, 0.29) is 5.56 Å². The number of methoxy groups -OCH3 is 2. The van der Waals surface area contributed by atoms with Crippen LogP contribution in [-0.4, -0.2) is 55.0 Å². The van der Waals surface area contributed by atoms with Crippen LogP contribution in [0.5, 0.6) is 11.5 Å². The van der Waals surface area contributed by atoms with E-state index in [2.05, 4.69) is 4.90 Å². The van der Waals surface area contributed by atoms with Crippen molar-refractivity contribution in [3.63, 3.8) is 0 Å². The minimum Gasteiger partial charge on any atom is -0.493 e. The Hall–Kier alpha value is -3.16. The maximum atomic E-state index is 13.5. The standard InChI is InChI=1S/C24H27N3O4/c1-29-21-15-19-20(16-22(21)30-2)25-23(17-26-11-13-31-14-12-26)27(24(19)28)10-6-9-18-7-4-3-5-8-18/h3-9,15-16H,10-14,17H2,1-2H3/b9-6+. The molecule has 0 saturated carbocycles. The molecule has 162 valence electrons. The van der Waals surface area contributed by atoms with E-state index in [1.54, 1.807) is 30.9 Å². The van der Waals surface area contributed by atoms with Gasteiger partial charge in [-0.15, -0.1) is 0 Å². The van der Waals surface area contributed by atoms with Crippen molar-refractivity contribution >= 4 is 17.0 Å². The highest BCUT2D eigenvalue weighted by Crippen LogP contribution is 2.30. The van der Waals surface area contributed by atoms with Gasteiger partial charge in [-0.3, -0.25) is 14.3 Å². The minimum atomic E-state index is -0.0908. The van der Waals surface area contributed by atoms with Gasteiger partial charge in [-0.2, -0.15) is 0 Å². The Morgan fingerprint density at radius 3 is 2.48 bits per heavy atom. The van der Waals surface area contributed by atoms with Crippen molar-refractivity contribution in [3.8, 4) is 11.5 Å². The lowest BCUT2D eigenvalue weighted by atomic mass is 10.2. The third-order valence-electron chi connectivity index (χ3n) is 5.41. The van der Waals surface area contributed by atoms with Gasteiger partial charge in [-0.1, -0.05) is 42.5 Å². The van der Waals surface area contributed by atoms with Crippen molar-refractivity contribution in [2.75, 3.05) is 40.5 Å². The highest BCUT2D eigenvalue weighted by atomic mass is 16.5. The zero-order chi connectivity index (χ0) is 21.6. The van der Waals surface area contributed by atoms with E-state index in [4.69, 9.17) is 19.2 Å². The first-order chi connectivity index (χ1) is 15.2. The van der Waals surface area contributed by atoms with E-state index in [1.165, 1.54) is 0 Å². The van der Waals surface area contributed by atoms with E-state index >= 15 is 0 Å². The minimum absolute atomic E-state index is 0.0908. The van der Waals surface area contributed by atoms with Crippen LogP contribution in [0, 0.1) is 0 Å². The monoisotopic (exact) mass is 421 g/mol. The second kappa shape index (κ2) is 9.76. The Morgan fingerprint density at radius 1 is 1.06 bits per heavy atom. The van der Waals surface area contributed by atoms with E-state index in [0.29, 0.717) is 48.7 Å². The number of allylic oxidation sites excluding steroid dienone is 1. The molecule has 4 rings (SSSR count). The number of rotatable bonds is 7. The second-order valence-corrected chi connectivity index (χ2v) is 7.37. The van der Waals surface area contributed by atoms with Gasteiger partial charge in [0.2, 0.25) is 0 Å². The van der Waals surface area contributed by atoms with Gasteiger partial charge in [0, 0.05) is 25.7 Å². The average molecular weight is 421 g/mol. The number of benzene rings is 2. The smallest absolute Gasteiger partial charge is 0.261 e. The third-order valence-corrected chi connectivity index (χ3v) is 5.41. The van der Waals surface area contributed by atoms with Crippen LogP contribution in [0.4, 0.5) is 0 Å². The molecule has 7 nitrogen and oxygen atoms in total. The van der Waals surface area contributed by atoms with Crippen LogP contribution in [0.25, 0.3) is 17.0 Å². The van der Waals surface area contributed by atoms with E-state index in [0.717, 1.165) is 24.5 Å². The second-order valence-electron chi connectivity index (χ2n) is 7.37. The Labute approximate surface area is 181 Å². The molecule has 0 amide bonds. The van der Waals surface area contributed by atoms with Crippen molar-refractivity contribution in [2.45, 2.75) is 13.1 Å². The lowest BCUT2D eigenvalue weighted by molar-refractivity contribution is 0.0325. The fraction of sp³-hybridized carbons (Fsp3) is 0.333. The summed E-state index contributed by atoms with van der Waals surface area (Å²) in [6.45, 7) is 4.04. The molecule has 1 aliphatic rings. The van der Waals surface area contributed by atoms with Crippen molar-refractivity contribution in [1.29, 1.82) is 0 Å². The van der Waals surface area contributed by atoms with Gasteiger partial charge >= 0.3 is 0 Å². The molecule has 0 spiro atoms. The Bertz CT molecular complexity index is 1120. The molecule has 1 saturated heterocycles. The maximum absolute atomic E-state index is 13.5. The first kappa shape index (κ1) is 21.1. The molecule has 0 radical (unpaired) electrons. The van der Waals surface area contributed by atoms with E-state index in [9.17, 15) is 4.79 Å². The number of ether oxygens (including phenoxy) is 3. The molecule has 31 heavy (non-hydrogen) atoms. The molecule has 1 fully saturated rings. The van der Waals surface area contributed by atoms with E-state index < -0.39 is 0 Å². The Balaban J connectivity index is 1.75. The third kappa shape index (κ3) is 4.78. The highest BCUT2D eigenvalue weighted by Gasteiger charge is 2.18. The summed E-state index contributed by atoms with van der Waals surface area (Å²) in [5.74, 6) is 1.80. The number of nitrogens with zero attached hydrogens (tertiary/aromatic N) is 3. The summed E-state index contributed by atoms with van der Waals surface area (Å²) < 4.78 is 18.0. The van der Waals surface area contributed by atoms with Crippen LogP contribution in [0.2, 0.25) is 0 Å². The summed E-state index contributed by atoms with van der Waals surface area (Å²) in [4.78, 5) is 20.6. The van der Waals surface area contributed by atoms with Crippen LogP contribution >= 0.6 is 0 Å². The highest BCUT2D eigenvalue weighted by molar-refractivity contribution is 5.82. The zero-order valence-electron chi connectivity index (χ0n) is 17.9. The SMILES string of the molecule is COc1cc2nc(CN3CCOCC3)n(C/C=C/c3ccccc3)c(=O)c2cc1OC. The van der Waals surface area contributed by atoms with Gasteiger partial charge in [0.1, 0.15) is 5.82 Å². The molecule has 0 aliphatic carbocycles. The molecule has 3 aromatic rings. The predicted octanol–water partition coefficient (Wildman–Crippen LogP) is 2.96. The maximum Gasteiger partial charge on any atom is 0.261 e. The molecule has 7 heteroatoms. The molecule has 1 aromatic heterocycles. The summed E-state index contributed by atoms with van der Waals surface area (Å²) in [6.07, 6.45) is 4.01. The van der Waals surface area contributed by atoms with Gasteiger partial charge < -0.3 is 14.2 Å². The normalized spacial score (nSPS) is 14.9.